The lowest BCUT2D eigenvalue weighted by molar-refractivity contribution is -0.120. The van der Waals surface area contributed by atoms with Gasteiger partial charge in [0.15, 0.2) is 0 Å². The van der Waals surface area contributed by atoms with Gasteiger partial charge in [0.1, 0.15) is 18.1 Å². The molecular formula is C24H22ClN3O4. The molecule has 164 valence electrons. The van der Waals surface area contributed by atoms with Gasteiger partial charge < -0.3 is 14.8 Å². The summed E-state index contributed by atoms with van der Waals surface area (Å²) in [6.07, 6.45) is 1.50. The number of amides is 2. The molecule has 0 bridgehead atoms. The molecule has 0 aromatic heterocycles. The van der Waals surface area contributed by atoms with Gasteiger partial charge in [-0.2, -0.15) is 5.10 Å². The zero-order valence-corrected chi connectivity index (χ0v) is 18.1. The summed E-state index contributed by atoms with van der Waals surface area (Å²) in [4.78, 5) is 24.0. The van der Waals surface area contributed by atoms with Crippen LogP contribution in [0.15, 0.2) is 77.9 Å². The first kappa shape index (κ1) is 22.8. The van der Waals surface area contributed by atoms with Gasteiger partial charge in [-0.15, -0.1) is 0 Å². The number of halogens is 1. The van der Waals surface area contributed by atoms with Crippen LogP contribution < -0.4 is 20.2 Å². The third-order valence-electron chi connectivity index (χ3n) is 4.34. The molecule has 0 heterocycles. The molecular weight excluding hydrogens is 430 g/mol. The number of hydrazone groups is 1. The summed E-state index contributed by atoms with van der Waals surface area (Å²) in [6.45, 7) is 0.203. The Kier molecular flexibility index (Phi) is 8.22. The summed E-state index contributed by atoms with van der Waals surface area (Å²) in [7, 11) is 1.55. The minimum Gasteiger partial charge on any atom is -0.497 e. The Morgan fingerprint density at radius 2 is 1.75 bits per heavy atom. The standard InChI is InChI=1S/C24H22ClN3O4/c1-31-21-11-7-19(8-12-21)24(30)26-15-23(29)28-27-14-18-3-2-4-22(13-18)32-16-17-5-9-20(25)10-6-17/h2-14H,15-16H2,1H3,(H,26,30)(H,28,29)/b27-14-. The minimum absolute atomic E-state index is 0.202. The number of carbonyl (C=O) groups excluding carboxylic acids is 2. The van der Waals surface area contributed by atoms with E-state index < -0.39 is 5.91 Å². The highest BCUT2D eigenvalue weighted by Crippen LogP contribution is 2.16. The highest BCUT2D eigenvalue weighted by molar-refractivity contribution is 6.30. The summed E-state index contributed by atoms with van der Waals surface area (Å²) in [5.74, 6) is 0.505. The van der Waals surface area contributed by atoms with E-state index in [2.05, 4.69) is 15.8 Å². The lowest BCUT2D eigenvalue weighted by atomic mass is 10.2. The van der Waals surface area contributed by atoms with Gasteiger partial charge in [-0.25, -0.2) is 5.43 Å². The molecule has 0 aliphatic rings. The first-order valence-electron chi connectivity index (χ1n) is 9.75. The van der Waals surface area contributed by atoms with Gasteiger partial charge in [-0.1, -0.05) is 35.9 Å². The maximum atomic E-state index is 12.1. The number of methoxy groups -OCH3 is 1. The Bertz CT molecular complexity index is 1080. The van der Waals surface area contributed by atoms with Crippen molar-refractivity contribution in [2.75, 3.05) is 13.7 Å². The monoisotopic (exact) mass is 451 g/mol. The Balaban J connectivity index is 1.44. The zero-order chi connectivity index (χ0) is 22.8. The van der Waals surface area contributed by atoms with Crippen molar-refractivity contribution in [3.05, 3.63) is 94.5 Å². The molecule has 3 rings (SSSR count). The first-order valence-corrected chi connectivity index (χ1v) is 10.1. The van der Waals surface area contributed by atoms with E-state index in [0.29, 0.717) is 28.7 Å². The highest BCUT2D eigenvalue weighted by Gasteiger charge is 2.07. The fraction of sp³-hybridized carbons (Fsp3) is 0.125. The van der Waals surface area contributed by atoms with E-state index in [-0.39, 0.29) is 12.5 Å². The minimum atomic E-state index is -0.446. The Labute approximate surface area is 191 Å². The van der Waals surface area contributed by atoms with E-state index in [4.69, 9.17) is 21.1 Å². The second-order valence-electron chi connectivity index (χ2n) is 6.69. The molecule has 3 aromatic rings. The lowest BCUT2D eigenvalue weighted by Gasteiger charge is -2.07. The van der Waals surface area contributed by atoms with Crippen LogP contribution in [0, 0.1) is 0 Å². The molecule has 0 fully saturated rings. The Morgan fingerprint density at radius 3 is 2.47 bits per heavy atom. The van der Waals surface area contributed by atoms with Gasteiger partial charge in [0.05, 0.1) is 19.9 Å². The smallest absolute Gasteiger partial charge is 0.259 e. The number of hydrogen-bond donors (Lipinski definition) is 2. The van der Waals surface area contributed by atoms with Crippen LogP contribution in [0.25, 0.3) is 0 Å². The number of nitrogens with zero attached hydrogens (tertiary/aromatic N) is 1. The largest absolute Gasteiger partial charge is 0.497 e. The van der Waals surface area contributed by atoms with Gasteiger partial charge >= 0.3 is 0 Å². The molecule has 0 saturated carbocycles. The molecule has 0 atom stereocenters. The number of nitrogens with one attached hydrogen (secondary N) is 2. The summed E-state index contributed by atoms with van der Waals surface area (Å²) in [6, 6.07) is 21.3. The van der Waals surface area contributed by atoms with E-state index in [9.17, 15) is 9.59 Å². The average molecular weight is 452 g/mol. The molecule has 32 heavy (non-hydrogen) atoms. The van der Waals surface area contributed by atoms with Crippen LogP contribution in [0.4, 0.5) is 0 Å². The van der Waals surface area contributed by atoms with Crippen molar-refractivity contribution < 1.29 is 19.1 Å². The predicted octanol–water partition coefficient (Wildman–Crippen LogP) is 3.81. The molecule has 0 spiro atoms. The average Bonchev–Trinajstić information content (AvgIpc) is 2.82. The second-order valence-corrected chi connectivity index (χ2v) is 7.13. The molecule has 2 N–H and O–H groups in total. The maximum Gasteiger partial charge on any atom is 0.259 e. The number of ether oxygens (including phenoxy) is 2. The van der Waals surface area contributed by atoms with Crippen molar-refractivity contribution in [2.24, 2.45) is 5.10 Å². The zero-order valence-electron chi connectivity index (χ0n) is 17.4. The van der Waals surface area contributed by atoms with Gasteiger partial charge in [0.2, 0.25) is 0 Å². The quantitative estimate of drug-likeness (QED) is 0.382. The van der Waals surface area contributed by atoms with Crippen molar-refractivity contribution in [2.45, 2.75) is 6.61 Å². The Morgan fingerprint density at radius 1 is 1.00 bits per heavy atom. The highest BCUT2D eigenvalue weighted by atomic mass is 35.5. The molecule has 8 heteroatoms. The molecule has 3 aromatic carbocycles. The van der Waals surface area contributed by atoms with Gasteiger partial charge in [-0.3, -0.25) is 9.59 Å². The SMILES string of the molecule is COc1ccc(C(=O)NCC(=O)N/N=C\c2cccc(OCc3ccc(Cl)cc3)c2)cc1. The third kappa shape index (κ3) is 7.14. The number of carbonyl (C=O) groups is 2. The van der Waals surface area contributed by atoms with Gasteiger partial charge in [0.25, 0.3) is 11.8 Å². The van der Waals surface area contributed by atoms with Crippen molar-refractivity contribution in [1.82, 2.24) is 10.7 Å². The van der Waals surface area contributed by atoms with Crippen LogP contribution in [0.3, 0.4) is 0 Å². The van der Waals surface area contributed by atoms with Crippen molar-refractivity contribution >= 4 is 29.6 Å². The topological polar surface area (TPSA) is 89.0 Å². The Hall–Kier alpha value is -3.84. The van der Waals surface area contributed by atoms with Crippen LogP contribution in [0.1, 0.15) is 21.5 Å². The van der Waals surface area contributed by atoms with Crippen LogP contribution in [-0.2, 0) is 11.4 Å². The lowest BCUT2D eigenvalue weighted by Crippen LogP contribution is -2.34. The van der Waals surface area contributed by atoms with Crippen LogP contribution in [-0.4, -0.2) is 31.7 Å². The molecule has 0 aliphatic heterocycles. The summed E-state index contributed by atoms with van der Waals surface area (Å²) in [5.41, 5.74) is 4.56. The van der Waals surface area contributed by atoms with E-state index in [0.717, 1.165) is 11.1 Å². The van der Waals surface area contributed by atoms with Crippen molar-refractivity contribution in [3.8, 4) is 11.5 Å². The first-order chi connectivity index (χ1) is 15.5. The van der Waals surface area contributed by atoms with Gasteiger partial charge in [-0.05, 0) is 59.7 Å². The molecule has 7 nitrogen and oxygen atoms in total. The van der Waals surface area contributed by atoms with Crippen LogP contribution in [0.5, 0.6) is 11.5 Å². The summed E-state index contributed by atoms with van der Waals surface area (Å²) in [5, 5.41) is 7.13. The normalized spacial score (nSPS) is 10.6. The van der Waals surface area contributed by atoms with E-state index in [1.807, 2.05) is 42.5 Å². The number of rotatable bonds is 9. The molecule has 0 aliphatic carbocycles. The van der Waals surface area contributed by atoms with E-state index in [1.165, 1.54) is 6.21 Å². The van der Waals surface area contributed by atoms with Gasteiger partial charge in [0, 0.05) is 10.6 Å². The molecule has 0 saturated heterocycles. The van der Waals surface area contributed by atoms with E-state index >= 15 is 0 Å². The number of benzene rings is 3. The van der Waals surface area contributed by atoms with E-state index in [1.54, 1.807) is 37.4 Å². The molecule has 0 unspecified atom stereocenters. The van der Waals surface area contributed by atoms with Crippen LogP contribution >= 0.6 is 11.6 Å². The maximum absolute atomic E-state index is 12.1. The third-order valence-corrected chi connectivity index (χ3v) is 4.59. The fourth-order valence-corrected chi connectivity index (χ4v) is 2.78. The predicted molar refractivity (Wildman–Crippen MR) is 123 cm³/mol. The fourth-order valence-electron chi connectivity index (χ4n) is 2.66. The molecule has 2 amide bonds. The van der Waals surface area contributed by atoms with Crippen LogP contribution in [0.2, 0.25) is 5.02 Å². The number of hydrogen-bond acceptors (Lipinski definition) is 5. The molecule has 0 radical (unpaired) electrons. The van der Waals surface area contributed by atoms with Crippen molar-refractivity contribution in [3.63, 3.8) is 0 Å². The summed E-state index contributed by atoms with van der Waals surface area (Å²) < 4.78 is 10.8. The second kappa shape index (κ2) is 11.5. The van der Waals surface area contributed by atoms with Crippen molar-refractivity contribution in [1.29, 1.82) is 0 Å². The summed E-state index contributed by atoms with van der Waals surface area (Å²) >= 11 is 5.88.